The summed E-state index contributed by atoms with van der Waals surface area (Å²) in [4.78, 5) is 19.0. The molecular formula is C18H23N3O. The fourth-order valence-corrected chi connectivity index (χ4v) is 3.29. The smallest absolute Gasteiger partial charge is 0.223 e. The summed E-state index contributed by atoms with van der Waals surface area (Å²) in [6.07, 6.45) is 2.45. The quantitative estimate of drug-likeness (QED) is 0.795. The molecule has 0 unspecified atom stereocenters. The average molecular weight is 297 g/mol. The van der Waals surface area contributed by atoms with E-state index in [0.29, 0.717) is 12.3 Å². The van der Waals surface area contributed by atoms with E-state index < -0.39 is 0 Å². The molecule has 4 heteroatoms. The SMILES string of the molecule is C=CCn1c([C@@H]2CC(=O)N(CC(C)C)C2)nc2ccccc21. The highest BCUT2D eigenvalue weighted by Gasteiger charge is 2.33. The van der Waals surface area contributed by atoms with Gasteiger partial charge in [-0.1, -0.05) is 32.1 Å². The molecule has 22 heavy (non-hydrogen) atoms. The molecule has 1 aliphatic heterocycles. The first-order valence-corrected chi connectivity index (χ1v) is 7.94. The predicted molar refractivity (Wildman–Crippen MR) is 88.7 cm³/mol. The Hall–Kier alpha value is -2.10. The third kappa shape index (κ3) is 2.65. The number of amides is 1. The van der Waals surface area contributed by atoms with E-state index in [-0.39, 0.29) is 11.8 Å². The molecular weight excluding hydrogens is 274 g/mol. The van der Waals surface area contributed by atoms with Crippen LogP contribution in [0.25, 0.3) is 11.0 Å². The van der Waals surface area contributed by atoms with Crippen molar-refractivity contribution in [2.24, 2.45) is 5.92 Å². The summed E-state index contributed by atoms with van der Waals surface area (Å²) in [6.45, 7) is 10.5. The largest absolute Gasteiger partial charge is 0.342 e. The van der Waals surface area contributed by atoms with Crippen LogP contribution in [-0.4, -0.2) is 33.4 Å². The lowest BCUT2D eigenvalue weighted by molar-refractivity contribution is -0.128. The highest BCUT2D eigenvalue weighted by atomic mass is 16.2. The van der Waals surface area contributed by atoms with E-state index in [1.807, 2.05) is 29.2 Å². The van der Waals surface area contributed by atoms with Gasteiger partial charge >= 0.3 is 0 Å². The van der Waals surface area contributed by atoms with Crippen molar-refractivity contribution >= 4 is 16.9 Å². The van der Waals surface area contributed by atoms with Gasteiger partial charge in [0.25, 0.3) is 0 Å². The van der Waals surface area contributed by atoms with E-state index >= 15 is 0 Å². The zero-order chi connectivity index (χ0) is 15.7. The van der Waals surface area contributed by atoms with Gasteiger partial charge in [0.15, 0.2) is 0 Å². The molecule has 4 nitrogen and oxygen atoms in total. The minimum absolute atomic E-state index is 0.179. The molecule has 0 radical (unpaired) electrons. The lowest BCUT2D eigenvalue weighted by Crippen LogP contribution is -2.29. The number of nitrogens with zero attached hydrogens (tertiary/aromatic N) is 3. The minimum atomic E-state index is 0.179. The molecule has 1 saturated heterocycles. The number of carbonyl (C=O) groups is 1. The number of rotatable bonds is 5. The number of imidazole rings is 1. The number of hydrogen-bond donors (Lipinski definition) is 0. The Labute approximate surface area is 131 Å². The summed E-state index contributed by atoms with van der Waals surface area (Å²) in [5, 5.41) is 0. The molecule has 2 heterocycles. The number of hydrogen-bond acceptors (Lipinski definition) is 2. The highest BCUT2D eigenvalue weighted by Crippen LogP contribution is 2.30. The van der Waals surface area contributed by atoms with Crippen molar-refractivity contribution in [3.8, 4) is 0 Å². The van der Waals surface area contributed by atoms with Gasteiger partial charge in [-0.15, -0.1) is 6.58 Å². The van der Waals surface area contributed by atoms with Gasteiger partial charge in [-0.2, -0.15) is 0 Å². The number of aromatic nitrogens is 2. The first-order chi connectivity index (χ1) is 10.6. The second-order valence-electron chi connectivity index (χ2n) is 6.45. The van der Waals surface area contributed by atoms with Crippen molar-refractivity contribution in [2.45, 2.75) is 32.7 Å². The van der Waals surface area contributed by atoms with Gasteiger partial charge in [-0.3, -0.25) is 4.79 Å². The molecule has 1 aliphatic rings. The van der Waals surface area contributed by atoms with Gasteiger partial charge in [-0.25, -0.2) is 4.98 Å². The summed E-state index contributed by atoms with van der Waals surface area (Å²) in [5.41, 5.74) is 2.11. The second-order valence-corrected chi connectivity index (χ2v) is 6.45. The van der Waals surface area contributed by atoms with Gasteiger partial charge < -0.3 is 9.47 Å². The first-order valence-electron chi connectivity index (χ1n) is 7.94. The molecule has 1 fully saturated rings. The van der Waals surface area contributed by atoms with Crippen molar-refractivity contribution in [1.29, 1.82) is 0 Å². The van der Waals surface area contributed by atoms with Crippen LogP contribution in [-0.2, 0) is 11.3 Å². The maximum Gasteiger partial charge on any atom is 0.223 e. The Kier molecular flexibility index (Phi) is 4.01. The summed E-state index contributed by atoms with van der Waals surface area (Å²) in [5.74, 6) is 1.94. The van der Waals surface area contributed by atoms with Crippen molar-refractivity contribution in [1.82, 2.24) is 14.5 Å². The predicted octanol–water partition coefficient (Wildman–Crippen LogP) is 3.19. The molecule has 116 valence electrons. The second kappa shape index (κ2) is 5.95. The van der Waals surface area contributed by atoms with E-state index in [9.17, 15) is 4.79 Å². The molecule has 0 spiro atoms. The lowest BCUT2D eigenvalue weighted by atomic mass is 10.1. The molecule has 2 aromatic rings. The zero-order valence-electron chi connectivity index (χ0n) is 13.3. The van der Waals surface area contributed by atoms with Crippen LogP contribution >= 0.6 is 0 Å². The number of para-hydroxylation sites is 2. The Morgan fingerprint density at radius 3 is 2.91 bits per heavy atom. The van der Waals surface area contributed by atoms with Crippen LogP contribution in [0.15, 0.2) is 36.9 Å². The van der Waals surface area contributed by atoms with Crippen LogP contribution in [0.5, 0.6) is 0 Å². The summed E-state index contributed by atoms with van der Waals surface area (Å²) in [6, 6.07) is 8.14. The highest BCUT2D eigenvalue weighted by molar-refractivity contribution is 5.81. The fourth-order valence-electron chi connectivity index (χ4n) is 3.29. The van der Waals surface area contributed by atoms with Gasteiger partial charge in [0.05, 0.1) is 11.0 Å². The van der Waals surface area contributed by atoms with Gasteiger partial charge in [0, 0.05) is 32.0 Å². The minimum Gasteiger partial charge on any atom is -0.342 e. The molecule has 1 amide bonds. The number of carbonyl (C=O) groups excluding carboxylic acids is 1. The molecule has 0 N–H and O–H groups in total. The number of allylic oxidation sites excluding steroid dienone is 1. The van der Waals surface area contributed by atoms with E-state index in [0.717, 1.165) is 36.5 Å². The molecule has 1 aromatic carbocycles. The van der Waals surface area contributed by atoms with E-state index in [1.54, 1.807) is 0 Å². The summed E-state index contributed by atoms with van der Waals surface area (Å²) >= 11 is 0. The summed E-state index contributed by atoms with van der Waals surface area (Å²) in [7, 11) is 0. The standard InChI is InChI=1S/C18H23N3O/c1-4-9-21-16-8-6-5-7-15(16)19-18(21)14-10-17(22)20(12-14)11-13(2)3/h4-8,13-14H,1,9-12H2,2-3H3/t14-/m1/s1. The third-order valence-electron chi connectivity index (χ3n) is 4.16. The molecule has 0 aliphatic carbocycles. The maximum atomic E-state index is 12.2. The molecule has 1 atom stereocenters. The zero-order valence-corrected chi connectivity index (χ0v) is 13.3. The monoisotopic (exact) mass is 297 g/mol. The van der Waals surface area contributed by atoms with Crippen molar-refractivity contribution in [2.75, 3.05) is 13.1 Å². The lowest BCUT2D eigenvalue weighted by Gasteiger charge is -2.19. The van der Waals surface area contributed by atoms with Crippen LogP contribution in [0.3, 0.4) is 0 Å². The maximum absolute atomic E-state index is 12.2. The third-order valence-corrected chi connectivity index (χ3v) is 4.16. The average Bonchev–Trinajstić information content (AvgIpc) is 3.01. The Morgan fingerprint density at radius 1 is 1.41 bits per heavy atom. The van der Waals surface area contributed by atoms with Crippen molar-refractivity contribution in [3.63, 3.8) is 0 Å². The molecule has 0 saturated carbocycles. The Morgan fingerprint density at radius 2 is 2.18 bits per heavy atom. The fraction of sp³-hybridized carbons (Fsp3) is 0.444. The normalized spacial score (nSPS) is 18.6. The number of benzene rings is 1. The van der Waals surface area contributed by atoms with Crippen molar-refractivity contribution in [3.05, 3.63) is 42.7 Å². The number of fused-ring (bicyclic) bond motifs is 1. The van der Waals surface area contributed by atoms with E-state index in [2.05, 4.69) is 31.1 Å². The van der Waals surface area contributed by atoms with Crippen molar-refractivity contribution < 1.29 is 4.79 Å². The molecule has 1 aromatic heterocycles. The van der Waals surface area contributed by atoms with Gasteiger partial charge in [-0.05, 0) is 18.1 Å². The van der Waals surface area contributed by atoms with E-state index in [1.165, 1.54) is 0 Å². The topological polar surface area (TPSA) is 38.1 Å². The molecule has 0 bridgehead atoms. The van der Waals surface area contributed by atoms with Gasteiger partial charge in [0.2, 0.25) is 5.91 Å². The van der Waals surface area contributed by atoms with Crippen LogP contribution in [0.1, 0.15) is 32.0 Å². The Bertz CT molecular complexity index is 701. The summed E-state index contributed by atoms with van der Waals surface area (Å²) < 4.78 is 2.19. The molecule has 3 rings (SSSR count). The van der Waals surface area contributed by atoms with E-state index in [4.69, 9.17) is 4.98 Å². The first kappa shape index (κ1) is 14.8. The van der Waals surface area contributed by atoms with Crippen LogP contribution < -0.4 is 0 Å². The van der Waals surface area contributed by atoms with Gasteiger partial charge in [0.1, 0.15) is 5.82 Å². The van der Waals surface area contributed by atoms with Crippen LogP contribution in [0, 0.1) is 5.92 Å². The number of likely N-dealkylation sites (tertiary alicyclic amines) is 1. The van der Waals surface area contributed by atoms with Crippen LogP contribution in [0.4, 0.5) is 0 Å². The Balaban J connectivity index is 1.95. The van der Waals surface area contributed by atoms with Crippen LogP contribution in [0.2, 0.25) is 0 Å².